The van der Waals surface area contributed by atoms with Crippen molar-refractivity contribution in [2.24, 2.45) is 0 Å². The average molecular weight is 349 g/mol. The van der Waals surface area contributed by atoms with Crippen LogP contribution in [0, 0.1) is 0 Å². The number of aromatic hydroxyl groups is 1. The Morgan fingerprint density at radius 1 is 1.12 bits per heavy atom. The largest absolute Gasteiger partial charge is 0.504 e. The fourth-order valence-corrected chi connectivity index (χ4v) is 4.92. The maximum atomic E-state index is 10.9. The van der Waals surface area contributed by atoms with E-state index in [-0.39, 0.29) is 17.9 Å². The van der Waals surface area contributed by atoms with Crippen LogP contribution in [0.3, 0.4) is 0 Å². The highest BCUT2D eigenvalue weighted by atomic mass is 16.5. The number of rotatable bonds is 2. The van der Waals surface area contributed by atoms with Crippen LogP contribution in [0.5, 0.6) is 11.5 Å². The number of methoxy groups -OCH3 is 2. The Hall–Kier alpha value is -1.80. The fourth-order valence-electron chi connectivity index (χ4n) is 4.92. The molecule has 3 aliphatic rings. The molecule has 0 unspecified atom stereocenters. The lowest BCUT2D eigenvalue weighted by Crippen LogP contribution is -2.60. The minimum absolute atomic E-state index is 0.0315. The summed E-state index contributed by atoms with van der Waals surface area (Å²) in [5, 5.41) is 45.9. The summed E-state index contributed by atoms with van der Waals surface area (Å²) >= 11 is 0. The zero-order chi connectivity index (χ0) is 17.9. The van der Waals surface area contributed by atoms with Crippen LogP contribution in [0.2, 0.25) is 0 Å². The zero-order valence-corrected chi connectivity index (χ0v) is 14.2. The SMILES string of the molecule is COC1=C2[C@@H]3NCC[C@]2(C[C@H](O)[C@@H]1O)c1c(ccc(OC)c1O)[C@H]3O. The first kappa shape index (κ1) is 16.7. The summed E-state index contributed by atoms with van der Waals surface area (Å²) in [6, 6.07) is 2.94. The molecule has 1 heterocycles. The van der Waals surface area contributed by atoms with Gasteiger partial charge in [0.05, 0.1) is 32.5 Å². The Balaban J connectivity index is 2.08. The Labute approximate surface area is 145 Å². The summed E-state index contributed by atoms with van der Waals surface area (Å²) in [5.74, 6) is 0.551. The van der Waals surface area contributed by atoms with Crippen LogP contribution in [0.4, 0.5) is 0 Å². The first-order valence-electron chi connectivity index (χ1n) is 8.42. The lowest BCUT2D eigenvalue weighted by Gasteiger charge is -2.55. The molecule has 136 valence electrons. The Morgan fingerprint density at radius 3 is 2.56 bits per heavy atom. The van der Waals surface area contributed by atoms with Crippen LogP contribution in [-0.4, -0.2) is 59.4 Å². The van der Waals surface area contributed by atoms with E-state index in [4.69, 9.17) is 9.47 Å². The van der Waals surface area contributed by atoms with Crippen molar-refractivity contribution in [2.75, 3.05) is 20.8 Å². The minimum Gasteiger partial charge on any atom is -0.504 e. The second-order valence-electron chi connectivity index (χ2n) is 6.99. The van der Waals surface area contributed by atoms with Crippen molar-refractivity contribution in [3.8, 4) is 11.5 Å². The third kappa shape index (κ3) is 2.01. The molecule has 2 aliphatic carbocycles. The molecular weight excluding hydrogens is 326 g/mol. The summed E-state index contributed by atoms with van der Waals surface area (Å²) < 4.78 is 10.7. The molecule has 1 aromatic rings. The topological polar surface area (TPSA) is 111 Å². The van der Waals surface area contributed by atoms with E-state index < -0.39 is 29.8 Å². The number of benzene rings is 1. The first-order valence-corrected chi connectivity index (χ1v) is 8.42. The molecule has 0 radical (unpaired) electrons. The third-order valence-electron chi connectivity index (χ3n) is 5.92. The predicted octanol–water partition coefficient (Wildman–Crippen LogP) is 0.0735. The van der Waals surface area contributed by atoms with Gasteiger partial charge in [-0.15, -0.1) is 0 Å². The van der Waals surface area contributed by atoms with Gasteiger partial charge in [0, 0.05) is 16.6 Å². The molecule has 0 amide bonds. The van der Waals surface area contributed by atoms with Crippen LogP contribution in [0.25, 0.3) is 0 Å². The number of piperidine rings is 1. The number of nitrogens with one attached hydrogen (secondary N) is 1. The molecule has 4 rings (SSSR count). The van der Waals surface area contributed by atoms with Crippen molar-refractivity contribution in [2.45, 2.75) is 42.6 Å². The van der Waals surface area contributed by atoms with Gasteiger partial charge >= 0.3 is 0 Å². The van der Waals surface area contributed by atoms with Crippen LogP contribution in [0.15, 0.2) is 23.5 Å². The van der Waals surface area contributed by atoms with E-state index in [2.05, 4.69) is 5.32 Å². The highest BCUT2D eigenvalue weighted by molar-refractivity contribution is 5.63. The molecule has 7 nitrogen and oxygen atoms in total. The molecule has 1 saturated heterocycles. The monoisotopic (exact) mass is 349 g/mol. The molecule has 1 fully saturated rings. The number of hydrogen-bond acceptors (Lipinski definition) is 7. The number of aliphatic hydroxyl groups excluding tert-OH is 3. The first-order chi connectivity index (χ1) is 12.0. The predicted molar refractivity (Wildman–Crippen MR) is 88.4 cm³/mol. The highest BCUT2D eigenvalue weighted by Gasteiger charge is 2.58. The molecule has 7 heteroatoms. The number of ether oxygens (including phenoxy) is 2. The second-order valence-corrected chi connectivity index (χ2v) is 6.99. The zero-order valence-electron chi connectivity index (χ0n) is 14.2. The normalized spacial score (nSPS) is 36.5. The lowest BCUT2D eigenvalue weighted by molar-refractivity contribution is -0.0330. The van der Waals surface area contributed by atoms with Gasteiger partial charge in [-0.1, -0.05) is 6.07 Å². The molecular formula is C18H23NO6. The van der Waals surface area contributed by atoms with Crippen molar-refractivity contribution < 1.29 is 29.9 Å². The minimum atomic E-state index is -1.16. The van der Waals surface area contributed by atoms with Gasteiger partial charge in [-0.2, -0.15) is 0 Å². The third-order valence-corrected chi connectivity index (χ3v) is 5.92. The standard InChI is InChI=1S/C18H23NO6/c1-24-10-4-3-8-11(16(10)23)18-5-6-19-13(14(8)21)12(18)17(25-2)15(22)9(20)7-18/h3-4,9,13-15,19-23H,5-7H2,1-2H3/t9-,13-,14+,15-,18-/m0/s1. The van der Waals surface area contributed by atoms with Gasteiger partial charge in [-0.3, -0.25) is 0 Å². The van der Waals surface area contributed by atoms with Crippen LogP contribution in [-0.2, 0) is 10.2 Å². The van der Waals surface area contributed by atoms with E-state index in [1.165, 1.54) is 14.2 Å². The van der Waals surface area contributed by atoms with Crippen molar-refractivity contribution in [1.29, 1.82) is 0 Å². The van der Waals surface area contributed by atoms with Gasteiger partial charge in [0.15, 0.2) is 11.5 Å². The van der Waals surface area contributed by atoms with Crippen LogP contribution in [0.1, 0.15) is 30.1 Å². The van der Waals surface area contributed by atoms with Crippen molar-refractivity contribution in [1.82, 2.24) is 5.32 Å². The van der Waals surface area contributed by atoms with Gasteiger partial charge in [0.25, 0.3) is 0 Å². The van der Waals surface area contributed by atoms with Crippen molar-refractivity contribution >= 4 is 0 Å². The van der Waals surface area contributed by atoms with E-state index in [0.29, 0.717) is 35.4 Å². The molecule has 5 atom stereocenters. The van der Waals surface area contributed by atoms with E-state index in [1.54, 1.807) is 12.1 Å². The number of phenolic OH excluding ortho intramolecular Hbond substituents is 1. The maximum Gasteiger partial charge on any atom is 0.162 e. The van der Waals surface area contributed by atoms with E-state index >= 15 is 0 Å². The number of fused-ring (bicyclic) bond motifs is 1. The molecule has 2 bridgehead atoms. The molecule has 25 heavy (non-hydrogen) atoms. The molecule has 0 spiro atoms. The average Bonchev–Trinajstić information content (AvgIpc) is 2.60. The summed E-state index contributed by atoms with van der Waals surface area (Å²) in [6.07, 6.45) is -2.23. The fraction of sp³-hybridized carbons (Fsp3) is 0.556. The van der Waals surface area contributed by atoms with Gasteiger partial charge in [0.2, 0.25) is 0 Å². The van der Waals surface area contributed by atoms with E-state index in [0.717, 1.165) is 0 Å². The number of phenols is 1. The van der Waals surface area contributed by atoms with Crippen LogP contribution >= 0.6 is 0 Å². The second kappa shape index (κ2) is 5.60. The summed E-state index contributed by atoms with van der Waals surface area (Å²) in [7, 11) is 2.92. The number of hydrogen-bond donors (Lipinski definition) is 5. The molecule has 0 saturated carbocycles. The quantitative estimate of drug-likeness (QED) is 0.514. The summed E-state index contributed by atoms with van der Waals surface area (Å²) in [4.78, 5) is 0. The van der Waals surface area contributed by atoms with Crippen molar-refractivity contribution in [3.63, 3.8) is 0 Å². The van der Waals surface area contributed by atoms with Gasteiger partial charge in [-0.05, 0) is 31.0 Å². The number of aliphatic hydroxyl groups is 3. The molecule has 0 aromatic heterocycles. The van der Waals surface area contributed by atoms with Gasteiger partial charge in [0.1, 0.15) is 11.9 Å². The highest BCUT2D eigenvalue weighted by Crippen LogP contribution is 2.59. The van der Waals surface area contributed by atoms with Gasteiger partial charge in [-0.25, -0.2) is 0 Å². The lowest BCUT2D eigenvalue weighted by atomic mass is 9.55. The van der Waals surface area contributed by atoms with E-state index in [9.17, 15) is 20.4 Å². The molecule has 5 N–H and O–H groups in total. The molecule has 1 aromatic carbocycles. The summed E-state index contributed by atoms with van der Waals surface area (Å²) in [6.45, 7) is 0.612. The van der Waals surface area contributed by atoms with Crippen molar-refractivity contribution in [3.05, 3.63) is 34.6 Å². The Bertz CT molecular complexity index is 747. The van der Waals surface area contributed by atoms with E-state index in [1.807, 2.05) is 0 Å². The Morgan fingerprint density at radius 2 is 1.88 bits per heavy atom. The smallest absolute Gasteiger partial charge is 0.162 e. The Kier molecular flexibility index (Phi) is 3.73. The maximum absolute atomic E-state index is 10.9. The molecule has 1 aliphatic heterocycles. The van der Waals surface area contributed by atoms with Gasteiger partial charge < -0.3 is 35.2 Å². The van der Waals surface area contributed by atoms with Crippen LogP contribution < -0.4 is 10.1 Å². The summed E-state index contributed by atoms with van der Waals surface area (Å²) in [5.41, 5.74) is 1.17.